The Morgan fingerprint density at radius 1 is 0.978 bits per heavy atom. The van der Waals surface area contributed by atoms with Crippen LogP contribution in [0.3, 0.4) is 0 Å². The number of hydrogen-bond acceptors (Lipinski definition) is 8. The van der Waals surface area contributed by atoms with Crippen LogP contribution in [0.15, 0.2) is 65.1 Å². The number of carbonyl (C=O) groups is 3. The normalized spacial score (nSPS) is 19.1. The van der Waals surface area contributed by atoms with Crippen LogP contribution in [-0.4, -0.2) is 72.6 Å². The number of hydrogen-bond donors (Lipinski definition) is 2. The number of nitrogens with zero attached hydrogens (tertiary/aromatic N) is 1. The minimum Gasteiger partial charge on any atom is -0.495 e. The maximum Gasteiger partial charge on any atom is 0.410 e. The summed E-state index contributed by atoms with van der Waals surface area (Å²) < 4.78 is 23.0. The molecule has 1 aliphatic carbocycles. The molecular weight excluding hydrogens is 644 g/mol. The second kappa shape index (κ2) is 12.7. The van der Waals surface area contributed by atoms with Crippen LogP contribution >= 0.6 is 15.9 Å². The van der Waals surface area contributed by atoms with Gasteiger partial charge < -0.3 is 24.1 Å². The average molecular weight is 682 g/mol. The molecule has 0 aromatic heterocycles. The van der Waals surface area contributed by atoms with E-state index in [1.807, 2.05) is 48.5 Å². The lowest BCUT2D eigenvalue weighted by molar-refractivity contribution is -0.159. The maximum absolute atomic E-state index is 13.7. The number of nitrogens with one attached hydrogen (secondary N) is 1. The van der Waals surface area contributed by atoms with Crippen molar-refractivity contribution in [2.45, 2.75) is 56.8 Å². The number of ether oxygens (including phenoxy) is 4. The molecule has 0 spiro atoms. The third-order valence-electron chi connectivity index (χ3n) is 8.15. The number of rotatable bonds is 9. The van der Waals surface area contributed by atoms with E-state index in [-0.39, 0.29) is 32.0 Å². The molecular formula is C34H37BrN2O8. The lowest BCUT2D eigenvalue weighted by atomic mass is 9.95. The summed E-state index contributed by atoms with van der Waals surface area (Å²) >= 11 is 3.44. The Labute approximate surface area is 270 Å². The van der Waals surface area contributed by atoms with Gasteiger partial charge in [0.25, 0.3) is 0 Å². The molecule has 45 heavy (non-hydrogen) atoms. The quantitative estimate of drug-likeness (QED) is 0.272. The van der Waals surface area contributed by atoms with Gasteiger partial charge in [0.1, 0.15) is 39.8 Å². The zero-order valence-electron chi connectivity index (χ0n) is 25.9. The molecule has 2 atom stereocenters. The number of aliphatic carboxylic acids is 1. The smallest absolute Gasteiger partial charge is 0.410 e. The van der Waals surface area contributed by atoms with E-state index in [2.05, 4.69) is 21.2 Å². The molecule has 0 radical (unpaired) electrons. The van der Waals surface area contributed by atoms with Gasteiger partial charge in [0, 0.05) is 18.9 Å². The monoisotopic (exact) mass is 680 g/mol. The third kappa shape index (κ3) is 6.50. The van der Waals surface area contributed by atoms with Crippen molar-refractivity contribution < 1.29 is 38.4 Å². The van der Waals surface area contributed by atoms with Gasteiger partial charge in [-0.1, -0.05) is 48.5 Å². The van der Waals surface area contributed by atoms with Gasteiger partial charge in [-0.25, -0.2) is 9.59 Å². The number of fused-ring (bicyclic) bond motifs is 3. The first-order valence-electron chi connectivity index (χ1n) is 14.6. The van der Waals surface area contributed by atoms with Crippen LogP contribution in [0.5, 0.6) is 11.5 Å². The van der Waals surface area contributed by atoms with E-state index in [4.69, 9.17) is 18.9 Å². The van der Waals surface area contributed by atoms with Crippen LogP contribution in [-0.2, 0) is 25.6 Å². The number of benzene rings is 3. The Morgan fingerprint density at radius 3 is 2.04 bits per heavy atom. The lowest BCUT2D eigenvalue weighted by Gasteiger charge is -2.27. The summed E-state index contributed by atoms with van der Waals surface area (Å²) in [4.78, 5) is 41.2. The maximum atomic E-state index is 13.7. The fraction of sp³-hybridized carbons (Fsp3) is 0.382. The molecule has 2 unspecified atom stereocenters. The summed E-state index contributed by atoms with van der Waals surface area (Å²) in [7, 11) is 3.04. The molecule has 10 nitrogen and oxygen atoms in total. The molecule has 1 fully saturated rings. The van der Waals surface area contributed by atoms with E-state index in [0.29, 0.717) is 21.5 Å². The van der Waals surface area contributed by atoms with E-state index in [9.17, 15) is 19.5 Å². The highest BCUT2D eigenvalue weighted by molar-refractivity contribution is 9.10. The second-order valence-corrected chi connectivity index (χ2v) is 13.0. The molecule has 2 N–H and O–H groups in total. The van der Waals surface area contributed by atoms with E-state index in [0.717, 1.165) is 22.3 Å². The van der Waals surface area contributed by atoms with Gasteiger partial charge in [0.05, 0.1) is 20.8 Å². The molecule has 1 aliphatic heterocycles. The molecule has 1 saturated heterocycles. The minimum atomic E-state index is -1.67. The van der Waals surface area contributed by atoms with Gasteiger partial charge in [-0.05, 0) is 76.7 Å². The predicted octanol–water partition coefficient (Wildman–Crippen LogP) is 5.74. The number of carboxylic acid groups (broad SMARTS) is 1. The molecule has 0 bridgehead atoms. The highest BCUT2D eigenvalue weighted by Crippen LogP contribution is 2.45. The fourth-order valence-corrected chi connectivity index (χ4v) is 6.56. The summed E-state index contributed by atoms with van der Waals surface area (Å²) in [5, 5.41) is 13.6. The van der Waals surface area contributed by atoms with Gasteiger partial charge in [-0.15, -0.1) is 0 Å². The molecule has 5 rings (SSSR count). The summed E-state index contributed by atoms with van der Waals surface area (Å²) in [6.07, 6.45) is -1.00. The highest BCUT2D eigenvalue weighted by atomic mass is 79.9. The largest absolute Gasteiger partial charge is 0.495 e. The van der Waals surface area contributed by atoms with Gasteiger partial charge in [0.2, 0.25) is 0 Å². The number of esters is 1. The third-order valence-corrected chi connectivity index (χ3v) is 8.94. The molecule has 3 aromatic carbocycles. The number of methoxy groups -OCH3 is 2. The van der Waals surface area contributed by atoms with Crippen LogP contribution in [0.25, 0.3) is 11.1 Å². The van der Waals surface area contributed by atoms with E-state index in [1.54, 1.807) is 32.9 Å². The summed E-state index contributed by atoms with van der Waals surface area (Å²) in [6.45, 7) is 4.95. The van der Waals surface area contributed by atoms with Crippen LogP contribution in [0, 0.1) is 0 Å². The Balaban J connectivity index is 1.40. The van der Waals surface area contributed by atoms with Crippen LogP contribution in [0.1, 0.15) is 49.8 Å². The van der Waals surface area contributed by atoms with Crippen molar-refractivity contribution in [2.75, 3.05) is 27.4 Å². The van der Waals surface area contributed by atoms with Crippen molar-refractivity contribution in [1.29, 1.82) is 0 Å². The molecule has 0 saturated carbocycles. The van der Waals surface area contributed by atoms with Crippen LogP contribution < -0.4 is 14.8 Å². The number of halogens is 1. The molecule has 2 aliphatic rings. The second-order valence-electron chi connectivity index (χ2n) is 12.2. The predicted molar refractivity (Wildman–Crippen MR) is 170 cm³/mol. The number of carboxylic acids is 1. The lowest BCUT2D eigenvalue weighted by Crippen LogP contribution is -2.54. The Bertz CT molecular complexity index is 1550. The van der Waals surface area contributed by atoms with Crippen molar-refractivity contribution in [3.8, 4) is 22.6 Å². The Morgan fingerprint density at radius 2 is 1.53 bits per heavy atom. The Kier molecular flexibility index (Phi) is 9.14. The standard InChI is InChI=1S/C34H37BrN2O8/c1-33(2,3)45-30(38)26-16-34(31(39)40,36-17-20-14-27(42-4)29(35)28(15-20)43-5)19-37(26)32(41)44-18-25-23-12-8-6-10-21(23)22-11-7-9-13-24(22)25/h6-15,25-26,36H,16-19H2,1-5H3,(H,39,40). The van der Waals surface area contributed by atoms with E-state index >= 15 is 0 Å². The number of amides is 1. The first kappa shape index (κ1) is 32.3. The summed E-state index contributed by atoms with van der Waals surface area (Å²) in [5.41, 5.74) is 2.41. The van der Waals surface area contributed by atoms with Gasteiger partial charge in [-0.2, -0.15) is 0 Å². The topological polar surface area (TPSA) is 124 Å². The number of likely N-dealkylation sites (tertiary alicyclic amines) is 1. The summed E-state index contributed by atoms with van der Waals surface area (Å²) in [6, 6.07) is 18.3. The molecule has 11 heteroatoms. The zero-order valence-corrected chi connectivity index (χ0v) is 27.5. The SMILES string of the molecule is COc1cc(CNC2(C(=O)O)CC(C(=O)OC(C)(C)C)N(C(=O)OCC3c4ccccc4-c4ccccc43)C2)cc(OC)c1Br. The van der Waals surface area contributed by atoms with Crippen molar-refractivity contribution >= 4 is 34.0 Å². The van der Waals surface area contributed by atoms with E-state index < -0.39 is 35.2 Å². The molecule has 1 heterocycles. The average Bonchev–Trinajstić information content (AvgIpc) is 3.56. The van der Waals surface area contributed by atoms with Crippen molar-refractivity contribution in [2.24, 2.45) is 0 Å². The van der Waals surface area contributed by atoms with Gasteiger partial charge >= 0.3 is 18.0 Å². The Hall–Kier alpha value is -4.09. The highest BCUT2D eigenvalue weighted by Gasteiger charge is 2.55. The summed E-state index contributed by atoms with van der Waals surface area (Å²) in [5.74, 6) is -1.09. The first-order valence-corrected chi connectivity index (χ1v) is 15.4. The molecule has 238 valence electrons. The zero-order chi connectivity index (χ0) is 32.5. The molecule has 1 amide bonds. The first-order chi connectivity index (χ1) is 21.4. The van der Waals surface area contributed by atoms with Gasteiger partial charge in [-0.3, -0.25) is 15.0 Å². The number of carbonyl (C=O) groups excluding carboxylic acids is 2. The van der Waals surface area contributed by atoms with Crippen molar-refractivity contribution in [3.05, 3.63) is 81.8 Å². The minimum absolute atomic E-state index is 0.0242. The van der Waals surface area contributed by atoms with Crippen molar-refractivity contribution in [3.63, 3.8) is 0 Å². The van der Waals surface area contributed by atoms with Crippen molar-refractivity contribution in [1.82, 2.24) is 10.2 Å². The van der Waals surface area contributed by atoms with Crippen LogP contribution in [0.2, 0.25) is 0 Å². The van der Waals surface area contributed by atoms with Crippen LogP contribution in [0.4, 0.5) is 4.79 Å². The fourth-order valence-electron chi connectivity index (χ4n) is 6.01. The molecule has 3 aromatic rings. The van der Waals surface area contributed by atoms with E-state index in [1.165, 1.54) is 19.1 Å². The van der Waals surface area contributed by atoms with Gasteiger partial charge in [0.15, 0.2) is 0 Å².